The molecule has 1 saturated carbocycles. The quantitative estimate of drug-likeness (QED) is 0.185. The predicted octanol–water partition coefficient (Wildman–Crippen LogP) is -3.86. The summed E-state index contributed by atoms with van der Waals surface area (Å²) in [7, 11) is 1.65. The highest BCUT2D eigenvalue weighted by Crippen LogP contribution is 2.35. The minimum atomic E-state index is -1.38. The summed E-state index contributed by atoms with van der Waals surface area (Å²) >= 11 is 0. The lowest BCUT2D eigenvalue weighted by atomic mass is 9.88. The van der Waals surface area contributed by atoms with Gasteiger partial charge in [-0.25, -0.2) is 0 Å². The number of hydrogen-bond donors (Lipinski definition) is 8. The van der Waals surface area contributed by atoms with Gasteiger partial charge in [-0.3, -0.25) is 0 Å². The van der Waals surface area contributed by atoms with Crippen molar-refractivity contribution >= 4 is 0 Å². The van der Waals surface area contributed by atoms with E-state index in [1.807, 2.05) is 0 Å². The van der Waals surface area contributed by atoms with Gasteiger partial charge >= 0.3 is 0 Å². The molecular weight excluding hydrogens is 450 g/mol. The van der Waals surface area contributed by atoms with Gasteiger partial charge in [-0.1, -0.05) is 0 Å². The Balaban J connectivity index is 1.41. The van der Waals surface area contributed by atoms with E-state index in [-0.39, 0.29) is 18.2 Å². The lowest BCUT2D eigenvalue weighted by molar-refractivity contribution is -0.369. The monoisotopic (exact) mass is 491 g/mol. The Kier molecular flexibility index (Phi) is 8.47. The number of aliphatic hydroxyl groups excluding tert-OH is 3. The highest BCUT2D eigenvalue weighted by molar-refractivity contribution is 5.00. The summed E-state index contributed by atoms with van der Waals surface area (Å²) in [5, 5.41) is 34.7. The highest BCUT2D eigenvalue weighted by atomic mass is 16.8. The first-order valence-electron chi connectivity index (χ1n) is 12.1. The van der Waals surface area contributed by atoms with Gasteiger partial charge < -0.3 is 67.3 Å². The van der Waals surface area contributed by atoms with Crippen LogP contribution < -0.4 is 28.3 Å². The molecule has 12 N–H and O–H groups in total. The number of ether oxygens (including phenoxy) is 5. The summed E-state index contributed by atoms with van der Waals surface area (Å²) in [6.45, 7) is 1.68. The Morgan fingerprint density at radius 3 is 2.21 bits per heavy atom. The number of rotatable bonds is 5. The summed E-state index contributed by atoms with van der Waals surface area (Å²) in [5.41, 5.74) is 24.4. The second kappa shape index (κ2) is 10.8. The van der Waals surface area contributed by atoms with Crippen LogP contribution in [0.1, 0.15) is 32.6 Å². The van der Waals surface area contributed by atoms with Crippen molar-refractivity contribution in [3.05, 3.63) is 0 Å². The van der Waals surface area contributed by atoms with E-state index in [0.29, 0.717) is 12.8 Å². The van der Waals surface area contributed by atoms with Crippen molar-refractivity contribution in [3.63, 3.8) is 0 Å². The van der Waals surface area contributed by atoms with E-state index in [4.69, 9.17) is 46.6 Å². The van der Waals surface area contributed by atoms with Crippen LogP contribution in [0, 0.1) is 0 Å². The van der Waals surface area contributed by atoms with Gasteiger partial charge in [0.2, 0.25) is 0 Å². The summed E-state index contributed by atoms with van der Waals surface area (Å²) in [6.07, 6.45) is -6.13. The number of hydrogen-bond acceptors (Lipinski definition) is 13. The lowest BCUT2D eigenvalue weighted by Crippen LogP contribution is -2.69. The van der Waals surface area contributed by atoms with Crippen LogP contribution in [0.2, 0.25) is 0 Å². The third kappa shape index (κ3) is 5.27. The second-order valence-electron chi connectivity index (χ2n) is 10.0. The SMILES string of the molecule is CNC1C(OC2OC(C)[C@@H](N)[C@H](O)[C@@H]2O)O[C@H]2CC(N)[C@@H](O[C@H]3CC[C@H](N)CC3N)OC2C1O. The van der Waals surface area contributed by atoms with Gasteiger partial charge in [-0.05, 0) is 39.7 Å². The topological polar surface area (TPSA) is 223 Å². The molecule has 3 aliphatic heterocycles. The van der Waals surface area contributed by atoms with E-state index < -0.39 is 73.6 Å². The summed E-state index contributed by atoms with van der Waals surface area (Å²) in [5.74, 6) is 0. The van der Waals surface area contributed by atoms with Crippen molar-refractivity contribution in [1.29, 1.82) is 0 Å². The van der Waals surface area contributed by atoms with Crippen molar-refractivity contribution in [2.45, 2.75) is 124 Å². The average molecular weight is 492 g/mol. The maximum Gasteiger partial charge on any atom is 0.189 e. The molecule has 13 heteroatoms. The van der Waals surface area contributed by atoms with Crippen LogP contribution in [0.4, 0.5) is 0 Å². The highest BCUT2D eigenvalue weighted by Gasteiger charge is 2.53. The fourth-order valence-electron chi connectivity index (χ4n) is 5.32. The molecule has 0 aromatic heterocycles. The molecule has 0 aromatic rings. The Bertz CT molecular complexity index is 679. The van der Waals surface area contributed by atoms with Crippen LogP contribution in [0.3, 0.4) is 0 Å². The van der Waals surface area contributed by atoms with Crippen LogP contribution in [0.15, 0.2) is 0 Å². The maximum atomic E-state index is 11.1. The Labute approximate surface area is 199 Å². The van der Waals surface area contributed by atoms with Gasteiger partial charge in [0.05, 0.1) is 36.4 Å². The standard InChI is InChI=1S/C21H41N5O8/c1-7-13(25)15(27)17(29)21(30-7)34-20-14(26-2)16(28)18-12(32-20)6-10(24)19(33-18)31-11-4-3-8(22)5-9(11)23/h7-21,26-29H,3-6,22-25H2,1-2H3/t7?,8-,9?,10?,11-,12-,13+,14?,15-,16?,17-,18?,19-,20?,21?/m0/s1. The molecule has 4 rings (SSSR count). The smallest absolute Gasteiger partial charge is 0.189 e. The molecule has 15 atom stereocenters. The van der Waals surface area contributed by atoms with Crippen molar-refractivity contribution < 1.29 is 39.0 Å². The van der Waals surface area contributed by atoms with Gasteiger partial charge in [0.1, 0.15) is 24.4 Å². The van der Waals surface area contributed by atoms with Gasteiger partial charge in [0.25, 0.3) is 0 Å². The second-order valence-corrected chi connectivity index (χ2v) is 10.0. The van der Waals surface area contributed by atoms with E-state index in [1.165, 1.54) is 0 Å². The van der Waals surface area contributed by atoms with Crippen LogP contribution in [0.25, 0.3) is 0 Å². The Hall–Kier alpha value is -0.520. The molecule has 4 fully saturated rings. The van der Waals surface area contributed by atoms with E-state index >= 15 is 0 Å². The van der Waals surface area contributed by atoms with Gasteiger partial charge in [-0.2, -0.15) is 0 Å². The molecular formula is C21H41N5O8. The normalized spacial score (nSPS) is 54.4. The molecule has 8 unspecified atom stereocenters. The van der Waals surface area contributed by atoms with Gasteiger partial charge in [0.15, 0.2) is 18.9 Å². The molecule has 0 radical (unpaired) electrons. The number of nitrogens with two attached hydrogens (primary N) is 4. The van der Waals surface area contributed by atoms with Crippen LogP contribution in [-0.2, 0) is 23.7 Å². The number of fused-ring (bicyclic) bond motifs is 1. The van der Waals surface area contributed by atoms with Gasteiger partial charge in [0, 0.05) is 12.1 Å². The molecule has 34 heavy (non-hydrogen) atoms. The van der Waals surface area contributed by atoms with Crippen LogP contribution in [0.5, 0.6) is 0 Å². The van der Waals surface area contributed by atoms with Crippen molar-refractivity contribution in [2.75, 3.05) is 7.05 Å². The largest absolute Gasteiger partial charge is 0.388 e. The number of aliphatic hydroxyl groups is 3. The van der Waals surface area contributed by atoms with Crippen molar-refractivity contribution in [3.8, 4) is 0 Å². The van der Waals surface area contributed by atoms with E-state index in [2.05, 4.69) is 5.32 Å². The zero-order valence-corrected chi connectivity index (χ0v) is 19.7. The molecule has 0 aromatic carbocycles. The minimum Gasteiger partial charge on any atom is -0.388 e. The fraction of sp³-hybridized carbons (Fsp3) is 1.00. The van der Waals surface area contributed by atoms with Crippen LogP contribution in [-0.4, -0.2) is 114 Å². The molecule has 198 valence electrons. The zero-order valence-electron chi connectivity index (χ0n) is 19.7. The third-order valence-electron chi connectivity index (χ3n) is 7.52. The van der Waals surface area contributed by atoms with E-state index in [0.717, 1.165) is 12.8 Å². The zero-order chi connectivity index (χ0) is 24.7. The average Bonchev–Trinajstić information content (AvgIpc) is 2.79. The predicted molar refractivity (Wildman–Crippen MR) is 119 cm³/mol. The summed E-state index contributed by atoms with van der Waals surface area (Å²) < 4.78 is 29.8. The van der Waals surface area contributed by atoms with Crippen molar-refractivity contribution in [2.24, 2.45) is 22.9 Å². The maximum absolute atomic E-state index is 11.1. The molecule has 3 saturated heterocycles. The Morgan fingerprint density at radius 1 is 0.794 bits per heavy atom. The molecule has 0 amide bonds. The van der Waals surface area contributed by atoms with Gasteiger partial charge in [-0.15, -0.1) is 0 Å². The molecule has 4 aliphatic rings. The summed E-state index contributed by atoms with van der Waals surface area (Å²) in [4.78, 5) is 0. The molecule has 0 spiro atoms. The van der Waals surface area contributed by atoms with Crippen LogP contribution >= 0.6 is 0 Å². The molecule has 0 bridgehead atoms. The van der Waals surface area contributed by atoms with Crippen molar-refractivity contribution in [1.82, 2.24) is 5.32 Å². The lowest BCUT2D eigenvalue weighted by Gasteiger charge is -2.51. The van der Waals surface area contributed by atoms with E-state index in [9.17, 15) is 15.3 Å². The minimum absolute atomic E-state index is 0.0635. The molecule has 1 aliphatic carbocycles. The Morgan fingerprint density at radius 2 is 1.53 bits per heavy atom. The number of likely N-dealkylation sites (N-methyl/N-ethyl adjacent to an activating group) is 1. The van der Waals surface area contributed by atoms with E-state index in [1.54, 1.807) is 14.0 Å². The molecule has 13 nitrogen and oxygen atoms in total. The first-order chi connectivity index (χ1) is 16.1. The first kappa shape index (κ1) is 26.5. The molecule has 3 heterocycles. The summed E-state index contributed by atoms with van der Waals surface area (Å²) in [6, 6.07) is -2.13. The third-order valence-corrected chi connectivity index (χ3v) is 7.52. The fourth-order valence-corrected chi connectivity index (χ4v) is 5.32. The number of nitrogens with one attached hydrogen (secondary N) is 1. The first-order valence-corrected chi connectivity index (χ1v) is 12.1.